The van der Waals surface area contributed by atoms with E-state index < -0.39 is 0 Å². The quantitative estimate of drug-likeness (QED) is 0.786. The van der Waals surface area contributed by atoms with Crippen molar-refractivity contribution in [2.75, 3.05) is 31.1 Å². The van der Waals surface area contributed by atoms with Crippen molar-refractivity contribution in [3.05, 3.63) is 54.9 Å². The predicted octanol–water partition coefficient (Wildman–Crippen LogP) is 1.58. The lowest BCUT2D eigenvalue weighted by atomic mass is 10.3. The van der Waals surface area contributed by atoms with E-state index in [1.807, 2.05) is 30.6 Å². The van der Waals surface area contributed by atoms with Crippen LogP contribution in [-0.4, -0.2) is 56.0 Å². The first-order chi connectivity index (χ1) is 11.9. The first kappa shape index (κ1) is 14.8. The topological polar surface area (TPSA) is 73.8 Å². The standard InChI is InChI=1S/C17H19N7/c1-3-14(11-18-4-1)16-21-12-15(22-16)13-23-7-9-24(10-8-23)17-19-5-2-6-20-17/h1-6,11-12H,7-10,13H2,(H,21,22). The third-order valence-electron chi connectivity index (χ3n) is 4.16. The highest BCUT2D eigenvalue weighted by molar-refractivity contribution is 5.53. The number of piperazine rings is 1. The third kappa shape index (κ3) is 3.26. The molecule has 122 valence electrons. The molecule has 3 aromatic heterocycles. The highest BCUT2D eigenvalue weighted by Gasteiger charge is 2.19. The number of nitrogens with one attached hydrogen (secondary N) is 1. The van der Waals surface area contributed by atoms with Crippen LogP contribution < -0.4 is 4.90 Å². The van der Waals surface area contributed by atoms with Gasteiger partial charge >= 0.3 is 0 Å². The summed E-state index contributed by atoms with van der Waals surface area (Å²) in [5, 5.41) is 0. The number of aromatic nitrogens is 5. The van der Waals surface area contributed by atoms with Gasteiger partial charge in [0.15, 0.2) is 0 Å². The second-order valence-electron chi connectivity index (χ2n) is 5.81. The molecule has 0 amide bonds. The van der Waals surface area contributed by atoms with E-state index in [-0.39, 0.29) is 0 Å². The molecule has 1 aliphatic rings. The molecule has 4 rings (SSSR count). The van der Waals surface area contributed by atoms with Crippen molar-refractivity contribution in [1.82, 2.24) is 29.8 Å². The number of hydrogen-bond acceptors (Lipinski definition) is 6. The van der Waals surface area contributed by atoms with Crippen molar-refractivity contribution >= 4 is 5.95 Å². The van der Waals surface area contributed by atoms with Gasteiger partial charge in [-0.05, 0) is 18.2 Å². The molecule has 0 saturated carbocycles. The molecule has 0 aliphatic carbocycles. The van der Waals surface area contributed by atoms with Crippen LogP contribution in [0.25, 0.3) is 11.4 Å². The van der Waals surface area contributed by atoms with Crippen LogP contribution in [0.5, 0.6) is 0 Å². The first-order valence-corrected chi connectivity index (χ1v) is 8.07. The van der Waals surface area contributed by atoms with E-state index in [0.29, 0.717) is 0 Å². The number of aromatic amines is 1. The minimum absolute atomic E-state index is 0.817. The van der Waals surface area contributed by atoms with Crippen molar-refractivity contribution in [1.29, 1.82) is 0 Å². The SMILES string of the molecule is c1cnc(N2CCN(Cc3cnc(-c4cccnc4)[nH]3)CC2)nc1. The van der Waals surface area contributed by atoms with Gasteiger partial charge in [0.1, 0.15) is 5.82 Å². The highest BCUT2D eigenvalue weighted by Crippen LogP contribution is 2.16. The molecule has 1 saturated heterocycles. The average Bonchev–Trinajstić information content (AvgIpc) is 3.12. The van der Waals surface area contributed by atoms with Gasteiger partial charge in [0, 0.05) is 75.0 Å². The molecule has 24 heavy (non-hydrogen) atoms. The summed E-state index contributed by atoms with van der Waals surface area (Å²) in [5.74, 6) is 1.69. The van der Waals surface area contributed by atoms with Crippen molar-refractivity contribution in [3.8, 4) is 11.4 Å². The third-order valence-corrected chi connectivity index (χ3v) is 4.16. The van der Waals surface area contributed by atoms with Gasteiger partial charge in [-0.15, -0.1) is 0 Å². The summed E-state index contributed by atoms with van der Waals surface area (Å²) in [4.78, 5) is 25.3. The van der Waals surface area contributed by atoms with Gasteiger partial charge in [-0.25, -0.2) is 15.0 Å². The predicted molar refractivity (Wildman–Crippen MR) is 91.3 cm³/mol. The Labute approximate surface area is 140 Å². The molecular formula is C17H19N7. The molecule has 0 radical (unpaired) electrons. The average molecular weight is 321 g/mol. The Morgan fingerprint density at radius 1 is 0.917 bits per heavy atom. The normalized spacial score (nSPS) is 15.6. The fraction of sp³-hybridized carbons (Fsp3) is 0.294. The Hall–Kier alpha value is -2.80. The fourth-order valence-corrected chi connectivity index (χ4v) is 2.89. The number of pyridine rings is 1. The second kappa shape index (κ2) is 6.76. The van der Waals surface area contributed by atoms with E-state index in [1.165, 1.54) is 0 Å². The smallest absolute Gasteiger partial charge is 0.225 e. The van der Waals surface area contributed by atoms with Crippen molar-refractivity contribution < 1.29 is 0 Å². The van der Waals surface area contributed by atoms with Crippen LogP contribution in [0.15, 0.2) is 49.2 Å². The summed E-state index contributed by atoms with van der Waals surface area (Å²) in [6, 6.07) is 5.77. The van der Waals surface area contributed by atoms with Crippen LogP contribution in [0, 0.1) is 0 Å². The maximum absolute atomic E-state index is 4.46. The molecular weight excluding hydrogens is 302 g/mol. The lowest BCUT2D eigenvalue weighted by Gasteiger charge is -2.34. The summed E-state index contributed by atoms with van der Waals surface area (Å²) in [6.45, 7) is 4.72. The van der Waals surface area contributed by atoms with Gasteiger partial charge in [-0.1, -0.05) is 0 Å². The maximum atomic E-state index is 4.46. The Balaban J connectivity index is 1.35. The van der Waals surface area contributed by atoms with Crippen LogP contribution in [0.3, 0.4) is 0 Å². The molecule has 1 aliphatic heterocycles. The number of nitrogens with zero attached hydrogens (tertiary/aromatic N) is 6. The van der Waals surface area contributed by atoms with E-state index in [4.69, 9.17) is 0 Å². The monoisotopic (exact) mass is 321 g/mol. The minimum Gasteiger partial charge on any atom is -0.341 e. The van der Waals surface area contributed by atoms with Gasteiger partial charge in [-0.3, -0.25) is 9.88 Å². The van der Waals surface area contributed by atoms with Gasteiger partial charge in [0.05, 0.1) is 0 Å². The van der Waals surface area contributed by atoms with Crippen LogP contribution in [0.2, 0.25) is 0 Å². The molecule has 0 aromatic carbocycles. The Morgan fingerprint density at radius 3 is 2.50 bits per heavy atom. The molecule has 7 nitrogen and oxygen atoms in total. The Morgan fingerprint density at radius 2 is 1.75 bits per heavy atom. The molecule has 7 heteroatoms. The van der Waals surface area contributed by atoms with Crippen molar-refractivity contribution in [2.45, 2.75) is 6.54 Å². The lowest BCUT2D eigenvalue weighted by molar-refractivity contribution is 0.246. The Kier molecular flexibility index (Phi) is 4.16. The maximum Gasteiger partial charge on any atom is 0.225 e. The molecule has 0 bridgehead atoms. The first-order valence-electron chi connectivity index (χ1n) is 8.07. The number of anilines is 1. The molecule has 0 unspecified atom stereocenters. The van der Waals surface area contributed by atoms with E-state index in [0.717, 1.165) is 55.8 Å². The molecule has 3 aromatic rings. The number of rotatable bonds is 4. The number of H-pyrrole nitrogens is 1. The van der Waals surface area contributed by atoms with Gasteiger partial charge < -0.3 is 9.88 Å². The summed E-state index contributed by atoms with van der Waals surface area (Å²) >= 11 is 0. The van der Waals surface area contributed by atoms with E-state index in [1.54, 1.807) is 18.6 Å². The second-order valence-corrected chi connectivity index (χ2v) is 5.81. The van der Waals surface area contributed by atoms with Crippen LogP contribution in [0.1, 0.15) is 5.69 Å². The number of hydrogen-bond donors (Lipinski definition) is 1. The number of imidazole rings is 1. The van der Waals surface area contributed by atoms with Gasteiger partial charge in [0.25, 0.3) is 0 Å². The van der Waals surface area contributed by atoms with Gasteiger partial charge in [-0.2, -0.15) is 0 Å². The van der Waals surface area contributed by atoms with Crippen molar-refractivity contribution in [3.63, 3.8) is 0 Å². The zero-order valence-corrected chi connectivity index (χ0v) is 13.3. The lowest BCUT2D eigenvalue weighted by Crippen LogP contribution is -2.46. The zero-order chi connectivity index (χ0) is 16.2. The summed E-state index contributed by atoms with van der Waals surface area (Å²) < 4.78 is 0. The summed E-state index contributed by atoms with van der Waals surface area (Å²) in [5.41, 5.74) is 2.13. The molecule has 0 spiro atoms. The van der Waals surface area contributed by atoms with Crippen molar-refractivity contribution in [2.24, 2.45) is 0 Å². The zero-order valence-electron chi connectivity index (χ0n) is 13.3. The largest absolute Gasteiger partial charge is 0.341 e. The van der Waals surface area contributed by atoms with E-state index in [9.17, 15) is 0 Å². The fourth-order valence-electron chi connectivity index (χ4n) is 2.89. The molecule has 4 heterocycles. The van der Waals surface area contributed by atoms with Crippen LogP contribution in [0.4, 0.5) is 5.95 Å². The Bertz CT molecular complexity index is 764. The minimum atomic E-state index is 0.817. The highest BCUT2D eigenvalue weighted by atomic mass is 15.3. The van der Waals surface area contributed by atoms with Crippen LogP contribution >= 0.6 is 0 Å². The molecule has 0 atom stereocenters. The van der Waals surface area contributed by atoms with E-state index >= 15 is 0 Å². The molecule has 1 N–H and O–H groups in total. The summed E-state index contributed by atoms with van der Waals surface area (Å²) in [6.07, 6.45) is 9.08. The summed E-state index contributed by atoms with van der Waals surface area (Å²) in [7, 11) is 0. The molecule has 1 fully saturated rings. The van der Waals surface area contributed by atoms with Crippen LogP contribution in [-0.2, 0) is 6.54 Å². The van der Waals surface area contributed by atoms with Gasteiger partial charge in [0.2, 0.25) is 5.95 Å². The van der Waals surface area contributed by atoms with E-state index in [2.05, 4.69) is 34.7 Å².